The summed E-state index contributed by atoms with van der Waals surface area (Å²) in [5, 5.41) is 2.79. The molecule has 1 aromatic carbocycles. The lowest BCUT2D eigenvalue weighted by molar-refractivity contribution is -0.112. The Morgan fingerprint density at radius 3 is 2.82 bits per heavy atom. The molecule has 1 fully saturated rings. The molecule has 0 saturated carbocycles. The molecule has 1 N–H and O–H groups in total. The van der Waals surface area contributed by atoms with E-state index in [2.05, 4.69) is 21.2 Å². The van der Waals surface area contributed by atoms with E-state index in [1.165, 1.54) is 6.08 Å². The zero-order valence-corrected chi connectivity index (χ0v) is 10.9. The maximum Gasteiger partial charge on any atom is 0.248 e. The Kier molecular flexibility index (Phi) is 4.34. The van der Waals surface area contributed by atoms with Crippen LogP contribution in [0.25, 0.3) is 0 Å². The second-order valence-electron chi connectivity index (χ2n) is 3.91. The summed E-state index contributed by atoms with van der Waals surface area (Å²) >= 11 is 3.34. The molecule has 1 aliphatic rings. The minimum atomic E-state index is -0.122. The predicted octanol–water partition coefficient (Wildman–Crippen LogP) is 3.12. The van der Waals surface area contributed by atoms with Gasteiger partial charge < -0.3 is 10.1 Å². The summed E-state index contributed by atoms with van der Waals surface area (Å²) in [7, 11) is 0. The third-order valence-electron chi connectivity index (χ3n) is 2.54. The number of ether oxygens (including phenoxy) is 1. The van der Waals surface area contributed by atoms with Crippen LogP contribution < -0.4 is 5.32 Å². The molecule has 4 heteroatoms. The van der Waals surface area contributed by atoms with Crippen LogP contribution in [0.15, 0.2) is 40.9 Å². The van der Waals surface area contributed by atoms with Crippen molar-refractivity contribution in [2.24, 2.45) is 0 Å². The first-order chi connectivity index (χ1) is 8.24. The topological polar surface area (TPSA) is 38.3 Å². The number of anilines is 1. The number of hydrogen-bond donors (Lipinski definition) is 1. The highest BCUT2D eigenvalue weighted by Crippen LogP contribution is 2.15. The van der Waals surface area contributed by atoms with Crippen LogP contribution in [0, 0.1) is 0 Å². The monoisotopic (exact) mass is 295 g/mol. The average Bonchev–Trinajstić information content (AvgIpc) is 2.83. The lowest BCUT2D eigenvalue weighted by Crippen LogP contribution is -2.09. The first-order valence-corrected chi connectivity index (χ1v) is 6.40. The fourth-order valence-electron chi connectivity index (χ4n) is 1.67. The number of benzene rings is 1. The van der Waals surface area contributed by atoms with Gasteiger partial charge in [-0.25, -0.2) is 0 Å². The number of hydrogen-bond acceptors (Lipinski definition) is 2. The lowest BCUT2D eigenvalue weighted by Gasteiger charge is -2.03. The van der Waals surface area contributed by atoms with Gasteiger partial charge in [0.2, 0.25) is 5.91 Å². The van der Waals surface area contributed by atoms with Crippen molar-refractivity contribution in [3.63, 3.8) is 0 Å². The van der Waals surface area contributed by atoms with Gasteiger partial charge in [-0.15, -0.1) is 0 Å². The molecule has 0 radical (unpaired) electrons. The largest absolute Gasteiger partial charge is 0.374 e. The SMILES string of the molecule is O=C(C=CC1CCCO1)Nc1ccc(Br)cc1. The smallest absolute Gasteiger partial charge is 0.248 e. The molecule has 1 saturated heterocycles. The minimum Gasteiger partial charge on any atom is -0.374 e. The number of nitrogens with one attached hydrogen (secondary N) is 1. The third-order valence-corrected chi connectivity index (χ3v) is 3.07. The zero-order chi connectivity index (χ0) is 12.1. The highest BCUT2D eigenvalue weighted by atomic mass is 79.9. The van der Waals surface area contributed by atoms with Crippen LogP contribution in [-0.4, -0.2) is 18.6 Å². The van der Waals surface area contributed by atoms with E-state index in [9.17, 15) is 4.79 Å². The molecule has 0 bridgehead atoms. The van der Waals surface area contributed by atoms with Gasteiger partial charge in [0, 0.05) is 22.8 Å². The van der Waals surface area contributed by atoms with Crippen molar-refractivity contribution in [2.45, 2.75) is 18.9 Å². The van der Waals surface area contributed by atoms with Crippen molar-refractivity contribution >= 4 is 27.5 Å². The molecule has 0 aromatic heterocycles. The zero-order valence-electron chi connectivity index (χ0n) is 9.36. The van der Waals surface area contributed by atoms with Gasteiger partial charge in [-0.2, -0.15) is 0 Å². The first kappa shape index (κ1) is 12.3. The van der Waals surface area contributed by atoms with Crippen LogP contribution in [0.2, 0.25) is 0 Å². The summed E-state index contributed by atoms with van der Waals surface area (Å²) in [5.74, 6) is -0.122. The van der Waals surface area contributed by atoms with E-state index in [0.29, 0.717) is 0 Å². The van der Waals surface area contributed by atoms with Gasteiger partial charge in [0.1, 0.15) is 0 Å². The Morgan fingerprint density at radius 1 is 1.41 bits per heavy atom. The van der Waals surface area contributed by atoms with Crippen LogP contribution in [-0.2, 0) is 9.53 Å². The molecule has 1 heterocycles. The van der Waals surface area contributed by atoms with Crippen LogP contribution in [0.5, 0.6) is 0 Å². The summed E-state index contributed by atoms with van der Waals surface area (Å²) in [5.41, 5.74) is 0.787. The van der Waals surface area contributed by atoms with E-state index in [0.717, 1.165) is 29.6 Å². The molecule has 0 aliphatic carbocycles. The van der Waals surface area contributed by atoms with Gasteiger partial charge in [0.05, 0.1) is 6.10 Å². The molecule has 1 amide bonds. The van der Waals surface area contributed by atoms with Gasteiger partial charge in [0.15, 0.2) is 0 Å². The van der Waals surface area contributed by atoms with Crippen LogP contribution >= 0.6 is 15.9 Å². The Morgan fingerprint density at radius 2 is 2.18 bits per heavy atom. The molecule has 1 unspecified atom stereocenters. The summed E-state index contributed by atoms with van der Waals surface area (Å²) in [6.45, 7) is 0.795. The van der Waals surface area contributed by atoms with Gasteiger partial charge in [-0.05, 0) is 37.1 Å². The number of carbonyl (C=O) groups is 1. The van der Waals surface area contributed by atoms with Crippen molar-refractivity contribution in [1.29, 1.82) is 0 Å². The molecule has 0 spiro atoms. The molecular weight excluding hydrogens is 282 g/mol. The second kappa shape index (κ2) is 5.98. The summed E-state index contributed by atoms with van der Waals surface area (Å²) < 4.78 is 6.39. The van der Waals surface area contributed by atoms with Crippen molar-refractivity contribution in [3.05, 3.63) is 40.9 Å². The first-order valence-electron chi connectivity index (χ1n) is 5.60. The van der Waals surface area contributed by atoms with E-state index in [4.69, 9.17) is 4.74 Å². The van der Waals surface area contributed by atoms with Crippen molar-refractivity contribution in [2.75, 3.05) is 11.9 Å². The second-order valence-corrected chi connectivity index (χ2v) is 4.82. The summed E-state index contributed by atoms with van der Waals surface area (Å²) in [6.07, 6.45) is 5.54. The van der Waals surface area contributed by atoms with Gasteiger partial charge in [-0.1, -0.05) is 22.0 Å². The van der Waals surface area contributed by atoms with Crippen molar-refractivity contribution in [3.8, 4) is 0 Å². The molecular formula is C13H14BrNO2. The highest BCUT2D eigenvalue weighted by molar-refractivity contribution is 9.10. The number of halogens is 1. The van der Waals surface area contributed by atoms with Gasteiger partial charge in [0.25, 0.3) is 0 Å². The Bertz CT molecular complexity index is 408. The van der Waals surface area contributed by atoms with E-state index in [-0.39, 0.29) is 12.0 Å². The Balaban J connectivity index is 1.86. The lowest BCUT2D eigenvalue weighted by atomic mass is 10.2. The maximum absolute atomic E-state index is 11.6. The predicted molar refractivity (Wildman–Crippen MR) is 70.9 cm³/mol. The molecule has 90 valence electrons. The van der Waals surface area contributed by atoms with Gasteiger partial charge in [-0.3, -0.25) is 4.79 Å². The molecule has 1 aliphatic heterocycles. The van der Waals surface area contributed by atoms with E-state index in [1.807, 2.05) is 30.3 Å². The number of rotatable bonds is 3. The molecule has 2 rings (SSSR count). The average molecular weight is 296 g/mol. The van der Waals surface area contributed by atoms with Crippen molar-refractivity contribution in [1.82, 2.24) is 0 Å². The minimum absolute atomic E-state index is 0.102. The molecule has 1 aromatic rings. The number of carbonyl (C=O) groups excluding carboxylic acids is 1. The maximum atomic E-state index is 11.6. The quantitative estimate of drug-likeness (QED) is 0.870. The standard InChI is InChI=1S/C13H14BrNO2/c14-10-3-5-11(6-4-10)15-13(16)8-7-12-2-1-9-17-12/h3-8,12H,1-2,9H2,(H,15,16). The third kappa shape index (κ3) is 3.98. The van der Waals surface area contributed by atoms with Crippen molar-refractivity contribution < 1.29 is 9.53 Å². The van der Waals surface area contributed by atoms with E-state index in [1.54, 1.807) is 0 Å². The Labute approximate surface area is 109 Å². The van der Waals surface area contributed by atoms with Crippen LogP contribution in [0.4, 0.5) is 5.69 Å². The number of amides is 1. The fourth-order valence-corrected chi connectivity index (χ4v) is 1.93. The summed E-state index contributed by atoms with van der Waals surface area (Å²) in [6, 6.07) is 7.47. The summed E-state index contributed by atoms with van der Waals surface area (Å²) in [4.78, 5) is 11.6. The van der Waals surface area contributed by atoms with Crippen LogP contribution in [0.1, 0.15) is 12.8 Å². The highest BCUT2D eigenvalue weighted by Gasteiger charge is 2.11. The van der Waals surface area contributed by atoms with Gasteiger partial charge >= 0.3 is 0 Å². The van der Waals surface area contributed by atoms with E-state index < -0.39 is 0 Å². The molecule has 3 nitrogen and oxygen atoms in total. The molecule has 1 atom stereocenters. The Hall–Kier alpha value is -1.13. The van der Waals surface area contributed by atoms with Crippen LogP contribution in [0.3, 0.4) is 0 Å². The fraction of sp³-hybridized carbons (Fsp3) is 0.308. The van der Waals surface area contributed by atoms with E-state index >= 15 is 0 Å². The molecule has 17 heavy (non-hydrogen) atoms. The normalized spacial score (nSPS) is 19.7.